The number of thioether (sulfide) groups is 1. The monoisotopic (exact) mass is 469 g/mol. The Balaban J connectivity index is 1.69. The van der Waals surface area contributed by atoms with E-state index < -0.39 is 32.6 Å². The minimum Gasteiger partial charge on any atom is -0.458 e. The predicted molar refractivity (Wildman–Crippen MR) is 123 cm³/mol. The zero-order valence-corrected chi connectivity index (χ0v) is 18.9. The number of ether oxygens (including phenoxy) is 1. The number of carbonyl (C=O) groups excluding carboxylic acids is 2. The fourth-order valence-electron chi connectivity index (χ4n) is 4.13. The van der Waals surface area contributed by atoms with Gasteiger partial charge in [0.2, 0.25) is 11.6 Å². The van der Waals surface area contributed by atoms with Gasteiger partial charge < -0.3 is 9.84 Å². The molecule has 0 spiro atoms. The summed E-state index contributed by atoms with van der Waals surface area (Å²) in [5, 5.41) is 20.2. The number of non-ortho nitro benzene ring substituents is 1. The van der Waals surface area contributed by atoms with Gasteiger partial charge in [0.25, 0.3) is 5.69 Å². The van der Waals surface area contributed by atoms with Crippen LogP contribution in [0.15, 0.2) is 59.6 Å². The minimum absolute atomic E-state index is 0.0192. The van der Waals surface area contributed by atoms with Crippen LogP contribution in [0.2, 0.25) is 0 Å². The quantitative estimate of drug-likeness (QED) is 0.217. The number of carbonyl (C=O) groups is 2. The number of benzene rings is 2. The number of aliphatic hydroxyl groups excluding tert-OH is 1. The average molecular weight is 470 g/mol. The largest absolute Gasteiger partial charge is 0.458 e. The first-order chi connectivity index (χ1) is 15.7. The van der Waals surface area contributed by atoms with Crippen LogP contribution < -0.4 is 0 Å². The second kappa shape index (κ2) is 8.60. The molecular weight excluding hydrogens is 446 g/mol. The van der Waals surface area contributed by atoms with E-state index in [4.69, 9.17) is 4.74 Å². The summed E-state index contributed by atoms with van der Waals surface area (Å²) in [6.07, 6.45) is 1.43. The summed E-state index contributed by atoms with van der Waals surface area (Å²) in [6.45, 7) is 3.33. The summed E-state index contributed by atoms with van der Waals surface area (Å²) in [5.41, 5.74) is -0.387. The summed E-state index contributed by atoms with van der Waals surface area (Å²) in [6, 6.07) is 14.9. The molecule has 4 rings (SSSR count). The lowest BCUT2D eigenvalue weighted by Crippen LogP contribution is -2.70. The molecule has 10 heteroatoms. The highest BCUT2D eigenvalue weighted by Gasteiger charge is 2.73. The van der Waals surface area contributed by atoms with Crippen molar-refractivity contribution in [1.29, 1.82) is 0 Å². The smallest absolute Gasteiger partial charge is 0.357 e. The van der Waals surface area contributed by atoms with Gasteiger partial charge in [0.1, 0.15) is 6.61 Å². The van der Waals surface area contributed by atoms with Crippen LogP contribution >= 0.6 is 11.8 Å². The van der Waals surface area contributed by atoms with Gasteiger partial charge >= 0.3 is 5.97 Å². The number of hydrogen-bond donors (Lipinski definition) is 1. The van der Waals surface area contributed by atoms with Crippen molar-refractivity contribution in [3.63, 3.8) is 0 Å². The van der Waals surface area contributed by atoms with Crippen LogP contribution in [0, 0.1) is 16.0 Å². The van der Waals surface area contributed by atoms with Gasteiger partial charge in [-0.2, -0.15) is 0 Å². The summed E-state index contributed by atoms with van der Waals surface area (Å²) in [7, 11) is 0. The Morgan fingerprint density at radius 1 is 1.24 bits per heavy atom. The van der Waals surface area contributed by atoms with Gasteiger partial charge in [0, 0.05) is 18.3 Å². The predicted octanol–water partition coefficient (Wildman–Crippen LogP) is 2.76. The highest BCUT2D eigenvalue weighted by atomic mass is 32.2. The summed E-state index contributed by atoms with van der Waals surface area (Å²) < 4.78 is 4.79. The fraction of sp³-hybridized carbons (Fsp3) is 0.348. The standard InChI is InChI=1S/C23H23N3O6S/c1-22(2)23(25-19(28)18(13-27)20(25)33-22,21(29)32-14-16-6-4-3-5-7-16)24-12-15-8-10-17(11-9-15)26(30)31/h3-12,18,20,27H,13-14H2,1-2H3/t18-,20-,23+/m1/s1. The zero-order chi connectivity index (χ0) is 23.8. The Bertz CT molecular complexity index is 1100. The van der Waals surface area contributed by atoms with E-state index >= 15 is 0 Å². The summed E-state index contributed by atoms with van der Waals surface area (Å²) in [5.74, 6) is -1.64. The number of hydrogen-bond acceptors (Lipinski definition) is 8. The lowest BCUT2D eigenvalue weighted by molar-refractivity contribution is -0.384. The van der Waals surface area contributed by atoms with Crippen molar-refractivity contribution in [3.8, 4) is 0 Å². The number of amides is 1. The third-order valence-corrected chi connectivity index (χ3v) is 7.61. The number of nitro groups is 1. The molecule has 0 unspecified atom stereocenters. The zero-order valence-electron chi connectivity index (χ0n) is 18.1. The first-order valence-corrected chi connectivity index (χ1v) is 11.2. The maximum atomic E-state index is 13.6. The van der Waals surface area contributed by atoms with E-state index in [0.29, 0.717) is 5.56 Å². The molecule has 2 fully saturated rings. The van der Waals surface area contributed by atoms with E-state index in [1.54, 1.807) is 0 Å². The number of esters is 1. The van der Waals surface area contributed by atoms with Crippen molar-refractivity contribution in [2.45, 2.75) is 36.2 Å². The minimum atomic E-state index is -1.65. The van der Waals surface area contributed by atoms with Crippen molar-refractivity contribution in [2.75, 3.05) is 6.61 Å². The maximum Gasteiger partial charge on any atom is 0.357 e. The normalized spacial score (nSPS) is 25.5. The van der Waals surface area contributed by atoms with Crippen LogP contribution in [-0.4, -0.2) is 55.4 Å². The first kappa shape index (κ1) is 22.9. The summed E-state index contributed by atoms with van der Waals surface area (Å²) >= 11 is 1.39. The van der Waals surface area contributed by atoms with Crippen molar-refractivity contribution >= 4 is 35.5 Å². The summed E-state index contributed by atoms with van der Waals surface area (Å²) in [4.78, 5) is 42.9. The molecule has 9 nitrogen and oxygen atoms in total. The molecule has 0 radical (unpaired) electrons. The topological polar surface area (TPSA) is 122 Å². The lowest BCUT2D eigenvalue weighted by atomic mass is 9.86. The van der Waals surface area contributed by atoms with Gasteiger partial charge in [-0.15, -0.1) is 11.8 Å². The van der Waals surface area contributed by atoms with Crippen molar-refractivity contribution in [1.82, 2.24) is 4.90 Å². The van der Waals surface area contributed by atoms with Gasteiger partial charge in [0.15, 0.2) is 0 Å². The van der Waals surface area contributed by atoms with E-state index in [1.165, 1.54) is 47.1 Å². The Morgan fingerprint density at radius 3 is 2.52 bits per heavy atom. The number of β-lactam (4-membered cyclic amide) rings is 1. The van der Waals surface area contributed by atoms with E-state index in [1.807, 2.05) is 44.2 Å². The number of rotatable bonds is 7. The SMILES string of the molecule is CC1(C)S[C@@H]2[C@H](CO)C(=O)N2[C@@]1(N=Cc1ccc([N+](=O)[O-])cc1)C(=O)OCc1ccccc1. The van der Waals surface area contributed by atoms with E-state index in [9.17, 15) is 24.8 Å². The molecule has 0 aromatic heterocycles. The molecule has 2 aromatic carbocycles. The molecule has 0 bridgehead atoms. The van der Waals surface area contributed by atoms with E-state index in [0.717, 1.165) is 5.56 Å². The van der Waals surface area contributed by atoms with E-state index in [-0.39, 0.29) is 24.8 Å². The molecule has 1 amide bonds. The van der Waals surface area contributed by atoms with Crippen molar-refractivity contribution < 1.29 is 24.4 Å². The molecule has 3 atom stereocenters. The maximum absolute atomic E-state index is 13.6. The number of fused-ring (bicyclic) bond motifs is 1. The Kier molecular flexibility index (Phi) is 5.98. The highest BCUT2D eigenvalue weighted by Crippen LogP contribution is 2.59. The van der Waals surface area contributed by atoms with Gasteiger partial charge in [-0.3, -0.25) is 24.8 Å². The van der Waals surface area contributed by atoms with Crippen LogP contribution in [0.4, 0.5) is 5.69 Å². The fourth-order valence-corrected chi connectivity index (χ4v) is 5.86. The molecule has 2 saturated heterocycles. The Labute approximate surface area is 194 Å². The van der Waals surface area contributed by atoms with E-state index in [2.05, 4.69) is 4.99 Å². The number of nitro benzene ring substituents is 1. The van der Waals surface area contributed by atoms with Crippen LogP contribution in [-0.2, 0) is 20.9 Å². The molecule has 2 aliphatic heterocycles. The number of nitrogens with zero attached hydrogens (tertiary/aromatic N) is 3. The third kappa shape index (κ3) is 3.79. The third-order valence-electron chi connectivity index (χ3n) is 5.96. The molecule has 172 valence electrons. The second-order valence-corrected chi connectivity index (χ2v) is 10.1. The molecular formula is C23H23N3O6S. The molecule has 0 saturated carbocycles. The number of aliphatic imine (C=N–C) groups is 1. The first-order valence-electron chi connectivity index (χ1n) is 10.3. The molecule has 2 aliphatic rings. The van der Waals surface area contributed by atoms with Gasteiger partial charge in [-0.25, -0.2) is 4.79 Å². The molecule has 1 N–H and O–H groups in total. The van der Waals surface area contributed by atoms with Crippen LogP contribution in [0.25, 0.3) is 0 Å². The second-order valence-electron chi connectivity index (χ2n) is 8.36. The Morgan fingerprint density at radius 2 is 1.91 bits per heavy atom. The number of aliphatic hydroxyl groups is 1. The van der Waals surface area contributed by atoms with Gasteiger partial charge in [-0.1, -0.05) is 30.3 Å². The van der Waals surface area contributed by atoms with Crippen LogP contribution in [0.5, 0.6) is 0 Å². The van der Waals surface area contributed by atoms with Gasteiger partial charge in [0.05, 0.1) is 27.6 Å². The molecule has 0 aliphatic carbocycles. The average Bonchev–Trinajstić information content (AvgIpc) is 3.01. The van der Waals surface area contributed by atoms with Crippen molar-refractivity contribution in [2.24, 2.45) is 10.9 Å². The van der Waals surface area contributed by atoms with Crippen LogP contribution in [0.1, 0.15) is 25.0 Å². The van der Waals surface area contributed by atoms with Gasteiger partial charge in [-0.05, 0) is 37.1 Å². The van der Waals surface area contributed by atoms with Crippen molar-refractivity contribution in [3.05, 3.63) is 75.8 Å². The lowest BCUT2D eigenvalue weighted by Gasteiger charge is -2.47. The highest BCUT2D eigenvalue weighted by molar-refractivity contribution is 8.01. The molecule has 33 heavy (non-hydrogen) atoms. The molecule has 2 heterocycles. The van der Waals surface area contributed by atoms with Crippen LogP contribution in [0.3, 0.4) is 0 Å². The molecule has 2 aromatic rings. The Hall–Kier alpha value is -3.24.